The molecule has 0 aromatic rings. The van der Waals surface area contributed by atoms with Gasteiger partial charge in [-0.3, -0.25) is 14.9 Å². The summed E-state index contributed by atoms with van der Waals surface area (Å²) in [5, 5.41) is 2.17. The Morgan fingerprint density at radius 1 is 1.24 bits per heavy atom. The van der Waals surface area contributed by atoms with Crippen molar-refractivity contribution in [2.24, 2.45) is 0 Å². The van der Waals surface area contributed by atoms with Crippen LogP contribution in [-0.2, 0) is 9.59 Å². The summed E-state index contributed by atoms with van der Waals surface area (Å²) in [6.07, 6.45) is 0.0759. The molecule has 0 aromatic carbocycles. The lowest BCUT2D eigenvalue weighted by molar-refractivity contribution is -0.129. The van der Waals surface area contributed by atoms with Gasteiger partial charge in [0.05, 0.1) is 0 Å². The Bertz CT molecular complexity index is 295. The van der Waals surface area contributed by atoms with Gasteiger partial charge < -0.3 is 9.80 Å². The molecule has 0 atom stereocenters. The minimum atomic E-state index is -0.571. The van der Waals surface area contributed by atoms with Crippen LogP contribution in [0.15, 0.2) is 0 Å². The molecular formula is C10H18ClN3O3. The molecule has 0 unspecified atom stereocenters. The summed E-state index contributed by atoms with van der Waals surface area (Å²) in [5.41, 5.74) is 0. The second-order valence-electron chi connectivity index (χ2n) is 3.59. The number of nitrogens with zero attached hydrogens (tertiary/aromatic N) is 2. The first kappa shape index (κ1) is 15.7. The summed E-state index contributed by atoms with van der Waals surface area (Å²) in [4.78, 5) is 36.8. The quantitative estimate of drug-likeness (QED) is 0.724. The van der Waals surface area contributed by atoms with E-state index in [1.807, 2.05) is 0 Å². The number of alkyl halides is 1. The van der Waals surface area contributed by atoms with Crippen LogP contribution in [0, 0.1) is 0 Å². The van der Waals surface area contributed by atoms with E-state index < -0.39 is 11.9 Å². The number of nitrogens with one attached hydrogen (secondary N) is 1. The lowest BCUT2D eigenvalue weighted by atomic mass is 10.4. The number of carbonyl (C=O) groups excluding carboxylic acids is 3. The Morgan fingerprint density at radius 2 is 1.82 bits per heavy atom. The summed E-state index contributed by atoms with van der Waals surface area (Å²) < 4.78 is 0. The normalized spacial score (nSPS) is 9.65. The number of amides is 4. The van der Waals surface area contributed by atoms with Gasteiger partial charge in [-0.1, -0.05) is 0 Å². The van der Waals surface area contributed by atoms with E-state index in [0.29, 0.717) is 6.54 Å². The summed E-state index contributed by atoms with van der Waals surface area (Å²) in [5.74, 6) is -0.491. The molecule has 0 aliphatic rings. The monoisotopic (exact) mass is 263 g/mol. The summed E-state index contributed by atoms with van der Waals surface area (Å²) >= 11 is 5.37. The number of imide groups is 1. The highest BCUT2D eigenvalue weighted by molar-refractivity contribution is 6.19. The first-order valence-electron chi connectivity index (χ1n) is 5.27. The van der Waals surface area contributed by atoms with Gasteiger partial charge in [0.25, 0.3) is 0 Å². The molecule has 0 aliphatic carbocycles. The molecule has 6 nitrogen and oxygen atoms in total. The zero-order chi connectivity index (χ0) is 13.4. The highest BCUT2D eigenvalue weighted by atomic mass is 35.5. The van der Waals surface area contributed by atoms with Crippen LogP contribution >= 0.6 is 11.6 Å². The van der Waals surface area contributed by atoms with E-state index in [9.17, 15) is 14.4 Å². The van der Waals surface area contributed by atoms with Crippen LogP contribution in [0.3, 0.4) is 0 Å². The third kappa shape index (κ3) is 6.11. The van der Waals surface area contributed by atoms with E-state index in [1.54, 1.807) is 21.0 Å². The van der Waals surface area contributed by atoms with Crippen LogP contribution in [0.25, 0.3) is 0 Å². The number of hydrogen-bond donors (Lipinski definition) is 1. The summed E-state index contributed by atoms with van der Waals surface area (Å²) in [6.45, 7) is 2.03. The van der Waals surface area contributed by atoms with Crippen LogP contribution in [0.4, 0.5) is 4.79 Å². The van der Waals surface area contributed by atoms with Gasteiger partial charge in [0.15, 0.2) is 0 Å². The predicted molar refractivity (Wildman–Crippen MR) is 64.8 cm³/mol. The number of rotatable bonds is 5. The maximum absolute atomic E-state index is 11.6. The number of carbonyl (C=O) groups is 3. The first-order valence-corrected chi connectivity index (χ1v) is 5.80. The minimum absolute atomic E-state index is 0.0521. The van der Waals surface area contributed by atoms with Crippen molar-refractivity contribution in [2.75, 3.05) is 33.1 Å². The van der Waals surface area contributed by atoms with E-state index in [-0.39, 0.29) is 24.8 Å². The number of urea groups is 1. The summed E-state index contributed by atoms with van der Waals surface area (Å²) in [7, 11) is 3.21. The second kappa shape index (κ2) is 7.89. The van der Waals surface area contributed by atoms with E-state index in [2.05, 4.69) is 5.32 Å². The van der Waals surface area contributed by atoms with Crippen molar-refractivity contribution in [1.29, 1.82) is 0 Å². The third-order valence-electron chi connectivity index (χ3n) is 2.06. The van der Waals surface area contributed by atoms with Crippen LogP contribution in [0.1, 0.15) is 13.3 Å². The smallest absolute Gasteiger partial charge is 0.324 e. The van der Waals surface area contributed by atoms with Gasteiger partial charge in [0, 0.05) is 32.9 Å². The van der Waals surface area contributed by atoms with Gasteiger partial charge >= 0.3 is 6.03 Å². The molecule has 1 N–H and O–H groups in total. The van der Waals surface area contributed by atoms with Gasteiger partial charge in [0.1, 0.15) is 6.54 Å². The van der Waals surface area contributed by atoms with E-state index in [0.717, 1.165) is 0 Å². The van der Waals surface area contributed by atoms with Crippen molar-refractivity contribution < 1.29 is 14.4 Å². The molecule has 0 aliphatic heterocycles. The molecule has 0 heterocycles. The maximum atomic E-state index is 11.6. The molecule has 0 saturated heterocycles. The SMILES string of the molecule is CCN(CC(=O)N(C)C)C(=O)NC(=O)CCCl. The molecule has 17 heavy (non-hydrogen) atoms. The molecule has 0 radical (unpaired) electrons. The van der Waals surface area contributed by atoms with Crippen molar-refractivity contribution in [2.45, 2.75) is 13.3 Å². The molecule has 0 rings (SSSR count). The highest BCUT2D eigenvalue weighted by Crippen LogP contribution is 1.93. The van der Waals surface area contributed by atoms with Crippen LogP contribution in [0.2, 0.25) is 0 Å². The fourth-order valence-electron chi connectivity index (χ4n) is 0.979. The number of halogens is 1. The Hall–Kier alpha value is -1.30. The average molecular weight is 264 g/mol. The van der Waals surface area contributed by atoms with Crippen molar-refractivity contribution in [1.82, 2.24) is 15.1 Å². The fraction of sp³-hybridized carbons (Fsp3) is 0.700. The molecule has 0 fully saturated rings. The Balaban J connectivity index is 4.31. The average Bonchev–Trinajstić information content (AvgIpc) is 2.25. The van der Waals surface area contributed by atoms with Gasteiger partial charge in [-0.25, -0.2) is 4.79 Å². The Morgan fingerprint density at radius 3 is 2.24 bits per heavy atom. The largest absolute Gasteiger partial charge is 0.347 e. The molecule has 0 spiro atoms. The van der Waals surface area contributed by atoms with Crippen LogP contribution in [0.5, 0.6) is 0 Å². The Labute approximate surface area is 106 Å². The first-order chi connectivity index (χ1) is 7.92. The highest BCUT2D eigenvalue weighted by Gasteiger charge is 2.18. The van der Waals surface area contributed by atoms with Gasteiger partial charge in [-0.05, 0) is 6.92 Å². The molecule has 0 aromatic heterocycles. The van der Waals surface area contributed by atoms with Crippen molar-refractivity contribution >= 4 is 29.4 Å². The topological polar surface area (TPSA) is 69.7 Å². The molecule has 0 bridgehead atoms. The van der Waals surface area contributed by atoms with Crippen LogP contribution in [-0.4, -0.2) is 60.7 Å². The molecule has 0 saturated carbocycles. The molecular weight excluding hydrogens is 246 g/mol. The zero-order valence-electron chi connectivity index (χ0n) is 10.3. The van der Waals surface area contributed by atoms with Crippen molar-refractivity contribution in [3.63, 3.8) is 0 Å². The van der Waals surface area contributed by atoms with E-state index in [1.165, 1.54) is 9.80 Å². The molecule has 7 heteroatoms. The van der Waals surface area contributed by atoms with Crippen molar-refractivity contribution in [3.8, 4) is 0 Å². The molecule has 98 valence electrons. The number of hydrogen-bond acceptors (Lipinski definition) is 3. The lowest BCUT2D eigenvalue weighted by Gasteiger charge is -2.22. The van der Waals surface area contributed by atoms with Crippen LogP contribution < -0.4 is 5.32 Å². The minimum Gasteiger partial charge on any atom is -0.347 e. The third-order valence-corrected chi connectivity index (χ3v) is 2.25. The zero-order valence-corrected chi connectivity index (χ0v) is 11.1. The van der Waals surface area contributed by atoms with Gasteiger partial charge in [-0.15, -0.1) is 11.6 Å². The number of likely N-dealkylation sites (N-methyl/N-ethyl adjacent to an activating group) is 2. The maximum Gasteiger partial charge on any atom is 0.324 e. The van der Waals surface area contributed by atoms with Crippen molar-refractivity contribution in [3.05, 3.63) is 0 Å². The summed E-state index contributed by atoms with van der Waals surface area (Å²) in [6, 6.07) is -0.571. The van der Waals surface area contributed by atoms with Gasteiger partial charge in [-0.2, -0.15) is 0 Å². The fourth-order valence-corrected chi connectivity index (χ4v) is 1.15. The standard InChI is InChI=1S/C10H18ClN3O3/c1-4-14(7-9(16)13(2)3)10(17)12-8(15)5-6-11/h4-7H2,1-3H3,(H,12,15,17). The second-order valence-corrected chi connectivity index (χ2v) is 3.97. The van der Waals surface area contributed by atoms with E-state index >= 15 is 0 Å². The lowest BCUT2D eigenvalue weighted by Crippen LogP contribution is -2.47. The molecule has 4 amide bonds. The Kier molecular flexibility index (Phi) is 7.29. The van der Waals surface area contributed by atoms with E-state index in [4.69, 9.17) is 11.6 Å². The predicted octanol–water partition coefficient (Wildman–Crippen LogP) is 0.262. The van der Waals surface area contributed by atoms with Gasteiger partial charge in [0.2, 0.25) is 11.8 Å².